The number of hydrogen-bond acceptors (Lipinski definition) is 3. The van der Waals surface area contributed by atoms with Crippen molar-refractivity contribution in [3.63, 3.8) is 0 Å². The topological polar surface area (TPSA) is 75.6 Å². The van der Waals surface area contributed by atoms with Gasteiger partial charge in [0.1, 0.15) is 5.75 Å². The van der Waals surface area contributed by atoms with Gasteiger partial charge in [-0.1, -0.05) is 18.6 Å². The number of benzene rings is 1. The van der Waals surface area contributed by atoms with Gasteiger partial charge in [0.05, 0.1) is 24.6 Å². The molecule has 0 heterocycles. The predicted octanol–water partition coefficient (Wildman–Crippen LogP) is 2.13. The SMILES string of the molecule is COc1ccccc1NC(=O)C1CCCC1C(=O)O. The lowest BCUT2D eigenvalue weighted by atomic mass is 9.95. The second-order valence-electron chi connectivity index (χ2n) is 4.67. The van der Waals surface area contributed by atoms with E-state index < -0.39 is 17.8 Å². The summed E-state index contributed by atoms with van der Waals surface area (Å²) in [5, 5.41) is 11.9. The lowest BCUT2D eigenvalue weighted by Gasteiger charge is -2.16. The Morgan fingerprint density at radius 2 is 1.95 bits per heavy atom. The van der Waals surface area contributed by atoms with E-state index in [1.54, 1.807) is 18.2 Å². The van der Waals surface area contributed by atoms with Crippen molar-refractivity contribution in [2.75, 3.05) is 12.4 Å². The maximum atomic E-state index is 12.2. The average molecular weight is 263 g/mol. The molecule has 0 radical (unpaired) electrons. The monoisotopic (exact) mass is 263 g/mol. The van der Waals surface area contributed by atoms with E-state index in [1.165, 1.54) is 7.11 Å². The average Bonchev–Trinajstić information content (AvgIpc) is 2.88. The molecule has 0 bridgehead atoms. The fraction of sp³-hybridized carbons (Fsp3) is 0.429. The van der Waals surface area contributed by atoms with Gasteiger partial charge < -0.3 is 15.2 Å². The van der Waals surface area contributed by atoms with Gasteiger partial charge in [-0.25, -0.2) is 0 Å². The number of nitrogens with one attached hydrogen (secondary N) is 1. The van der Waals surface area contributed by atoms with Gasteiger partial charge in [0, 0.05) is 0 Å². The first-order valence-corrected chi connectivity index (χ1v) is 6.30. The Hall–Kier alpha value is -2.04. The van der Waals surface area contributed by atoms with E-state index in [4.69, 9.17) is 9.84 Å². The zero-order valence-electron chi connectivity index (χ0n) is 10.8. The van der Waals surface area contributed by atoms with Crippen LogP contribution in [0.1, 0.15) is 19.3 Å². The molecule has 5 nitrogen and oxygen atoms in total. The van der Waals surface area contributed by atoms with Crippen LogP contribution in [0.2, 0.25) is 0 Å². The van der Waals surface area contributed by atoms with Crippen molar-refractivity contribution < 1.29 is 19.4 Å². The number of ether oxygens (including phenoxy) is 1. The van der Waals surface area contributed by atoms with Crippen molar-refractivity contribution in [2.45, 2.75) is 19.3 Å². The van der Waals surface area contributed by atoms with Crippen LogP contribution in [-0.4, -0.2) is 24.1 Å². The lowest BCUT2D eigenvalue weighted by Crippen LogP contribution is -2.30. The lowest BCUT2D eigenvalue weighted by molar-refractivity contribution is -0.145. The zero-order valence-corrected chi connectivity index (χ0v) is 10.8. The molecule has 0 aromatic heterocycles. The summed E-state index contributed by atoms with van der Waals surface area (Å²) >= 11 is 0. The Balaban J connectivity index is 2.10. The van der Waals surface area contributed by atoms with Crippen molar-refractivity contribution >= 4 is 17.6 Å². The number of methoxy groups -OCH3 is 1. The molecule has 1 fully saturated rings. The maximum absolute atomic E-state index is 12.2. The third kappa shape index (κ3) is 2.86. The number of amides is 1. The van der Waals surface area contributed by atoms with E-state index >= 15 is 0 Å². The van der Waals surface area contributed by atoms with E-state index in [9.17, 15) is 9.59 Å². The molecule has 102 valence electrons. The highest BCUT2D eigenvalue weighted by Gasteiger charge is 2.37. The summed E-state index contributed by atoms with van der Waals surface area (Å²) in [5.41, 5.74) is 0.575. The highest BCUT2D eigenvalue weighted by atomic mass is 16.5. The highest BCUT2D eigenvalue weighted by Crippen LogP contribution is 2.33. The second-order valence-corrected chi connectivity index (χ2v) is 4.67. The summed E-state index contributed by atoms with van der Waals surface area (Å²) in [7, 11) is 1.53. The maximum Gasteiger partial charge on any atom is 0.307 e. The molecule has 2 N–H and O–H groups in total. The Labute approximate surface area is 111 Å². The molecule has 2 rings (SSSR count). The zero-order chi connectivity index (χ0) is 13.8. The molecule has 1 aliphatic carbocycles. The van der Waals surface area contributed by atoms with Gasteiger partial charge in [0.25, 0.3) is 0 Å². The van der Waals surface area contributed by atoms with Crippen LogP contribution in [0, 0.1) is 11.8 Å². The number of carboxylic acid groups (broad SMARTS) is 1. The standard InChI is InChI=1S/C14H17NO4/c1-19-12-8-3-2-7-11(12)15-13(16)9-5-4-6-10(9)14(17)18/h2-3,7-10H,4-6H2,1H3,(H,15,16)(H,17,18). The van der Waals surface area contributed by atoms with Crippen LogP contribution in [0.4, 0.5) is 5.69 Å². The first kappa shape index (κ1) is 13.4. The van der Waals surface area contributed by atoms with Crippen molar-refractivity contribution in [2.24, 2.45) is 11.8 Å². The first-order chi connectivity index (χ1) is 9.13. The summed E-state index contributed by atoms with van der Waals surface area (Å²) in [6.07, 6.45) is 1.97. The minimum atomic E-state index is -0.891. The Kier molecular flexibility index (Phi) is 4.04. The quantitative estimate of drug-likeness (QED) is 0.872. The van der Waals surface area contributed by atoms with Gasteiger partial charge in [0.2, 0.25) is 5.91 Å². The molecule has 5 heteroatoms. The second kappa shape index (κ2) is 5.73. The number of carboxylic acids is 1. The van der Waals surface area contributed by atoms with E-state index in [-0.39, 0.29) is 5.91 Å². The number of para-hydroxylation sites is 2. The summed E-state index contributed by atoms with van der Waals surface area (Å²) in [5.74, 6) is -1.59. The molecule has 1 aromatic carbocycles. The van der Waals surface area contributed by atoms with Gasteiger partial charge in [-0.2, -0.15) is 0 Å². The molecular formula is C14H17NO4. The number of hydrogen-bond donors (Lipinski definition) is 2. The van der Waals surface area contributed by atoms with Crippen molar-refractivity contribution in [3.8, 4) is 5.75 Å². The van der Waals surface area contributed by atoms with Crippen LogP contribution >= 0.6 is 0 Å². The largest absolute Gasteiger partial charge is 0.495 e. The van der Waals surface area contributed by atoms with Crippen LogP contribution in [0.15, 0.2) is 24.3 Å². The van der Waals surface area contributed by atoms with Crippen LogP contribution < -0.4 is 10.1 Å². The molecule has 1 aromatic rings. The normalized spacial score (nSPS) is 21.9. The summed E-state index contributed by atoms with van der Waals surface area (Å²) in [6.45, 7) is 0. The van der Waals surface area contributed by atoms with Crippen LogP contribution in [-0.2, 0) is 9.59 Å². The molecule has 1 aliphatic rings. The summed E-state index contributed by atoms with van der Waals surface area (Å²) in [4.78, 5) is 23.3. The van der Waals surface area contributed by atoms with Crippen molar-refractivity contribution in [3.05, 3.63) is 24.3 Å². The summed E-state index contributed by atoms with van der Waals surface area (Å²) in [6, 6.07) is 7.09. The van der Waals surface area contributed by atoms with Crippen LogP contribution in [0.25, 0.3) is 0 Å². The molecule has 2 atom stereocenters. The number of aliphatic carboxylic acids is 1. The van der Waals surface area contributed by atoms with Crippen molar-refractivity contribution in [1.29, 1.82) is 0 Å². The predicted molar refractivity (Wildman–Crippen MR) is 70.1 cm³/mol. The highest BCUT2D eigenvalue weighted by molar-refractivity contribution is 5.96. The molecule has 2 unspecified atom stereocenters. The molecule has 0 aliphatic heterocycles. The van der Waals surface area contributed by atoms with E-state index in [0.717, 1.165) is 6.42 Å². The van der Waals surface area contributed by atoms with E-state index in [1.807, 2.05) is 6.07 Å². The molecule has 1 saturated carbocycles. The number of anilines is 1. The molecule has 0 spiro atoms. The van der Waals surface area contributed by atoms with Crippen LogP contribution in [0.5, 0.6) is 5.75 Å². The minimum absolute atomic E-state index is 0.241. The fourth-order valence-corrected chi connectivity index (χ4v) is 2.54. The number of carbonyl (C=O) groups is 2. The third-order valence-corrected chi connectivity index (χ3v) is 3.53. The summed E-state index contributed by atoms with van der Waals surface area (Å²) < 4.78 is 5.15. The van der Waals surface area contributed by atoms with Crippen LogP contribution in [0.3, 0.4) is 0 Å². The van der Waals surface area contributed by atoms with Gasteiger partial charge >= 0.3 is 5.97 Å². The molecule has 0 saturated heterocycles. The first-order valence-electron chi connectivity index (χ1n) is 6.30. The van der Waals surface area contributed by atoms with Gasteiger partial charge in [0.15, 0.2) is 0 Å². The Bertz CT molecular complexity index is 486. The number of rotatable bonds is 4. The minimum Gasteiger partial charge on any atom is -0.495 e. The Morgan fingerprint density at radius 3 is 2.63 bits per heavy atom. The molecule has 1 amide bonds. The third-order valence-electron chi connectivity index (χ3n) is 3.53. The van der Waals surface area contributed by atoms with Gasteiger partial charge in [-0.05, 0) is 25.0 Å². The van der Waals surface area contributed by atoms with Crippen molar-refractivity contribution in [1.82, 2.24) is 0 Å². The molecular weight excluding hydrogens is 246 g/mol. The molecule has 19 heavy (non-hydrogen) atoms. The smallest absolute Gasteiger partial charge is 0.307 e. The number of carbonyl (C=O) groups excluding carboxylic acids is 1. The fourth-order valence-electron chi connectivity index (χ4n) is 2.54. The van der Waals surface area contributed by atoms with Gasteiger partial charge in [-0.15, -0.1) is 0 Å². The van der Waals surface area contributed by atoms with E-state index in [2.05, 4.69) is 5.32 Å². The Morgan fingerprint density at radius 1 is 1.26 bits per heavy atom. The van der Waals surface area contributed by atoms with Gasteiger partial charge in [-0.3, -0.25) is 9.59 Å². The van der Waals surface area contributed by atoms with E-state index in [0.29, 0.717) is 24.3 Å².